The van der Waals surface area contributed by atoms with Crippen LogP contribution in [0.1, 0.15) is 23.6 Å². The third-order valence-electron chi connectivity index (χ3n) is 3.48. The van der Waals surface area contributed by atoms with Gasteiger partial charge in [0, 0.05) is 12.6 Å². The van der Waals surface area contributed by atoms with E-state index in [1.807, 2.05) is 0 Å². The third-order valence-corrected chi connectivity index (χ3v) is 4.10. The molecular formula is C13H13BrF3NO3. The molecule has 0 spiro atoms. The number of halogens is 4. The fourth-order valence-corrected chi connectivity index (χ4v) is 2.94. The Morgan fingerprint density at radius 2 is 2.14 bits per heavy atom. The summed E-state index contributed by atoms with van der Waals surface area (Å²) in [4.78, 5) is 10.9. The number of hydrogen-bond acceptors (Lipinski definition) is 3. The standard InChI is InChI=1S/C13H13BrF3NO3/c1-21-11-4-8(13(15,16)17)7(3-9(11)14)10-2-6(5-18-10)12(19)20/h3-4,6,10,18H,2,5H2,1H3,(H,19,20). The van der Waals surface area contributed by atoms with E-state index in [1.165, 1.54) is 13.2 Å². The number of aliphatic carboxylic acids is 1. The van der Waals surface area contributed by atoms with Gasteiger partial charge in [0.25, 0.3) is 0 Å². The first-order valence-electron chi connectivity index (χ1n) is 6.15. The van der Waals surface area contributed by atoms with E-state index in [2.05, 4.69) is 21.2 Å². The first kappa shape index (κ1) is 16.1. The lowest BCUT2D eigenvalue weighted by Gasteiger charge is -2.20. The Labute approximate surface area is 127 Å². The molecule has 1 fully saturated rings. The van der Waals surface area contributed by atoms with Crippen molar-refractivity contribution in [2.24, 2.45) is 5.92 Å². The van der Waals surface area contributed by atoms with Crippen molar-refractivity contribution in [3.63, 3.8) is 0 Å². The minimum atomic E-state index is -4.54. The largest absolute Gasteiger partial charge is 0.496 e. The summed E-state index contributed by atoms with van der Waals surface area (Å²) in [7, 11) is 1.29. The smallest absolute Gasteiger partial charge is 0.416 e. The Kier molecular flexibility index (Phi) is 4.48. The van der Waals surface area contributed by atoms with Crippen LogP contribution in [0.2, 0.25) is 0 Å². The van der Waals surface area contributed by atoms with Crippen LogP contribution in [0, 0.1) is 5.92 Å². The fourth-order valence-electron chi connectivity index (χ4n) is 2.42. The Morgan fingerprint density at radius 1 is 1.48 bits per heavy atom. The van der Waals surface area contributed by atoms with Crippen LogP contribution in [0.25, 0.3) is 0 Å². The molecule has 0 bridgehead atoms. The normalized spacial score (nSPS) is 22.3. The number of carbonyl (C=O) groups is 1. The molecule has 2 rings (SSSR count). The molecule has 1 heterocycles. The second-order valence-electron chi connectivity index (χ2n) is 4.80. The van der Waals surface area contributed by atoms with Crippen molar-refractivity contribution in [2.75, 3.05) is 13.7 Å². The third kappa shape index (κ3) is 3.32. The van der Waals surface area contributed by atoms with Gasteiger partial charge in [0.15, 0.2) is 0 Å². The predicted octanol–water partition coefficient (Wildman–Crippen LogP) is 3.21. The number of methoxy groups -OCH3 is 1. The highest BCUT2D eigenvalue weighted by atomic mass is 79.9. The van der Waals surface area contributed by atoms with E-state index in [0.29, 0.717) is 4.47 Å². The lowest BCUT2D eigenvalue weighted by molar-refractivity contribution is -0.141. The maximum atomic E-state index is 13.2. The van der Waals surface area contributed by atoms with Crippen LogP contribution in [0.3, 0.4) is 0 Å². The van der Waals surface area contributed by atoms with E-state index >= 15 is 0 Å². The number of ether oxygens (including phenoxy) is 1. The molecule has 21 heavy (non-hydrogen) atoms. The molecule has 0 aliphatic carbocycles. The first-order chi connectivity index (χ1) is 9.74. The molecule has 2 N–H and O–H groups in total. The van der Waals surface area contributed by atoms with Gasteiger partial charge < -0.3 is 15.2 Å². The van der Waals surface area contributed by atoms with E-state index in [0.717, 1.165) is 6.07 Å². The molecule has 0 amide bonds. The molecule has 0 radical (unpaired) electrons. The number of carboxylic acid groups (broad SMARTS) is 1. The van der Waals surface area contributed by atoms with E-state index in [-0.39, 0.29) is 24.3 Å². The topological polar surface area (TPSA) is 58.6 Å². The monoisotopic (exact) mass is 367 g/mol. The van der Waals surface area contributed by atoms with Crippen LogP contribution in [0.5, 0.6) is 5.75 Å². The summed E-state index contributed by atoms with van der Waals surface area (Å²) in [5, 5.41) is 11.8. The second kappa shape index (κ2) is 5.84. The zero-order valence-electron chi connectivity index (χ0n) is 11.0. The van der Waals surface area contributed by atoms with Gasteiger partial charge in [-0.1, -0.05) is 0 Å². The minimum Gasteiger partial charge on any atom is -0.496 e. The zero-order chi connectivity index (χ0) is 15.8. The van der Waals surface area contributed by atoms with Crippen LogP contribution in [-0.2, 0) is 11.0 Å². The Morgan fingerprint density at radius 3 is 2.62 bits per heavy atom. The van der Waals surface area contributed by atoms with Crippen molar-refractivity contribution >= 4 is 21.9 Å². The Balaban J connectivity index is 2.43. The molecule has 1 aliphatic rings. The van der Waals surface area contributed by atoms with Gasteiger partial charge in [0.05, 0.1) is 23.1 Å². The summed E-state index contributed by atoms with van der Waals surface area (Å²) < 4.78 is 44.9. The average Bonchev–Trinajstić information content (AvgIpc) is 2.86. The van der Waals surface area contributed by atoms with Crippen LogP contribution in [0.15, 0.2) is 16.6 Å². The number of rotatable bonds is 3. The summed E-state index contributed by atoms with van der Waals surface area (Å²) in [5.41, 5.74) is -0.787. The quantitative estimate of drug-likeness (QED) is 0.861. The average molecular weight is 368 g/mol. The predicted molar refractivity (Wildman–Crippen MR) is 72.2 cm³/mol. The summed E-state index contributed by atoms with van der Waals surface area (Å²) >= 11 is 3.16. The van der Waals surface area contributed by atoms with Gasteiger partial charge in [0.1, 0.15) is 5.75 Å². The number of alkyl halides is 3. The molecular weight excluding hydrogens is 355 g/mol. The number of carboxylic acids is 1. The SMILES string of the molecule is COc1cc(C(F)(F)F)c(C2CC(C(=O)O)CN2)cc1Br. The van der Waals surface area contributed by atoms with Gasteiger partial charge in [-0.2, -0.15) is 13.2 Å². The Bertz CT molecular complexity index is 562. The van der Waals surface area contributed by atoms with Crippen LogP contribution in [0.4, 0.5) is 13.2 Å². The minimum absolute atomic E-state index is 0.0268. The highest BCUT2D eigenvalue weighted by molar-refractivity contribution is 9.10. The lowest BCUT2D eigenvalue weighted by atomic mass is 9.95. The highest BCUT2D eigenvalue weighted by Gasteiger charge is 2.39. The molecule has 0 aromatic heterocycles. The van der Waals surface area contributed by atoms with E-state index in [9.17, 15) is 18.0 Å². The zero-order valence-corrected chi connectivity index (χ0v) is 12.6. The first-order valence-corrected chi connectivity index (χ1v) is 6.94. The van der Waals surface area contributed by atoms with Gasteiger partial charge in [-0.25, -0.2) is 0 Å². The van der Waals surface area contributed by atoms with Gasteiger partial charge in [-0.05, 0) is 40.0 Å². The van der Waals surface area contributed by atoms with Crippen molar-refractivity contribution in [3.8, 4) is 5.75 Å². The maximum absolute atomic E-state index is 13.2. The molecule has 8 heteroatoms. The second-order valence-corrected chi connectivity index (χ2v) is 5.66. The number of nitrogens with one attached hydrogen (secondary N) is 1. The van der Waals surface area contributed by atoms with Crippen molar-refractivity contribution in [1.29, 1.82) is 0 Å². The van der Waals surface area contributed by atoms with Gasteiger partial charge in [0.2, 0.25) is 0 Å². The summed E-state index contributed by atoms with van der Waals surface area (Å²) in [6, 6.07) is 1.61. The van der Waals surface area contributed by atoms with Crippen LogP contribution < -0.4 is 10.1 Å². The summed E-state index contributed by atoms with van der Waals surface area (Å²) in [5.74, 6) is -1.61. The summed E-state index contributed by atoms with van der Waals surface area (Å²) in [6.45, 7) is 0.154. The molecule has 1 aliphatic heterocycles. The van der Waals surface area contributed by atoms with E-state index in [4.69, 9.17) is 9.84 Å². The molecule has 1 aromatic rings. The molecule has 1 saturated heterocycles. The van der Waals surface area contributed by atoms with E-state index in [1.54, 1.807) is 0 Å². The molecule has 4 nitrogen and oxygen atoms in total. The Hall–Kier alpha value is -1.28. The lowest BCUT2D eigenvalue weighted by Crippen LogP contribution is -2.19. The molecule has 116 valence electrons. The van der Waals surface area contributed by atoms with Crippen molar-refractivity contribution in [1.82, 2.24) is 5.32 Å². The number of hydrogen-bond donors (Lipinski definition) is 2. The van der Waals surface area contributed by atoms with Crippen molar-refractivity contribution in [3.05, 3.63) is 27.7 Å². The molecule has 0 saturated carbocycles. The van der Waals surface area contributed by atoms with Crippen molar-refractivity contribution < 1.29 is 27.8 Å². The highest BCUT2D eigenvalue weighted by Crippen LogP contribution is 2.42. The number of benzene rings is 1. The van der Waals surface area contributed by atoms with E-state index < -0.39 is 29.7 Å². The van der Waals surface area contributed by atoms with Crippen LogP contribution >= 0.6 is 15.9 Å². The fraction of sp³-hybridized carbons (Fsp3) is 0.462. The van der Waals surface area contributed by atoms with Gasteiger partial charge >= 0.3 is 12.1 Å². The van der Waals surface area contributed by atoms with Crippen LogP contribution in [-0.4, -0.2) is 24.7 Å². The van der Waals surface area contributed by atoms with Gasteiger partial charge in [-0.3, -0.25) is 4.79 Å². The molecule has 2 unspecified atom stereocenters. The maximum Gasteiger partial charge on any atom is 0.416 e. The summed E-state index contributed by atoms with van der Waals surface area (Å²) in [6.07, 6.45) is -4.41. The molecule has 1 aromatic carbocycles. The van der Waals surface area contributed by atoms with Gasteiger partial charge in [-0.15, -0.1) is 0 Å². The van der Waals surface area contributed by atoms with Crippen molar-refractivity contribution in [2.45, 2.75) is 18.6 Å². The molecule has 2 atom stereocenters.